The molecule has 1 N–H and O–H groups in total. The third-order valence-electron chi connectivity index (χ3n) is 3.64. The second kappa shape index (κ2) is 5.92. The van der Waals surface area contributed by atoms with Crippen LogP contribution in [0, 0.1) is 5.92 Å². The van der Waals surface area contributed by atoms with Gasteiger partial charge in [-0.05, 0) is 31.6 Å². The van der Waals surface area contributed by atoms with Crippen molar-refractivity contribution in [3.05, 3.63) is 12.0 Å². The molecule has 5 nitrogen and oxygen atoms in total. The second-order valence-corrected chi connectivity index (χ2v) is 5.72. The molecule has 106 valence electrons. The molecule has 2 saturated carbocycles. The van der Waals surface area contributed by atoms with Crippen LogP contribution in [0.1, 0.15) is 31.4 Å². The normalized spacial score (nSPS) is 18.8. The van der Waals surface area contributed by atoms with Crippen molar-refractivity contribution < 1.29 is 9.15 Å². The summed E-state index contributed by atoms with van der Waals surface area (Å²) in [6.07, 6.45) is 7.01. The van der Waals surface area contributed by atoms with Crippen molar-refractivity contribution in [1.29, 1.82) is 0 Å². The Labute approximate surface area is 114 Å². The SMILES string of the molecule is CN(CCOCC1CC1)c1nc(CNC2CC2)co1. The molecule has 0 bridgehead atoms. The standard InChI is InChI=1S/C14H23N3O2/c1-17(6-7-18-9-11-2-3-11)14-16-13(10-19-14)8-15-12-4-5-12/h10-12,15H,2-9H2,1H3. The molecule has 2 aliphatic carbocycles. The summed E-state index contributed by atoms with van der Waals surface area (Å²) >= 11 is 0. The largest absolute Gasteiger partial charge is 0.432 e. The molecule has 0 radical (unpaired) electrons. The molecule has 0 amide bonds. The summed E-state index contributed by atoms with van der Waals surface area (Å²) in [7, 11) is 1.99. The highest BCUT2D eigenvalue weighted by molar-refractivity contribution is 5.25. The van der Waals surface area contributed by atoms with Crippen LogP contribution in [0.5, 0.6) is 0 Å². The molecule has 5 heteroatoms. The Kier molecular flexibility index (Phi) is 4.03. The van der Waals surface area contributed by atoms with Crippen molar-refractivity contribution in [2.75, 3.05) is 31.7 Å². The highest BCUT2D eigenvalue weighted by atomic mass is 16.5. The molecular weight excluding hydrogens is 242 g/mol. The first kappa shape index (κ1) is 12.9. The number of oxazole rings is 1. The fourth-order valence-corrected chi connectivity index (χ4v) is 1.92. The van der Waals surface area contributed by atoms with E-state index in [1.165, 1.54) is 25.7 Å². The van der Waals surface area contributed by atoms with Gasteiger partial charge in [0, 0.05) is 32.8 Å². The predicted octanol–water partition coefficient (Wildman–Crippen LogP) is 1.79. The Morgan fingerprint density at radius 2 is 2.26 bits per heavy atom. The van der Waals surface area contributed by atoms with Gasteiger partial charge < -0.3 is 19.4 Å². The molecule has 1 aromatic rings. The third-order valence-corrected chi connectivity index (χ3v) is 3.64. The van der Waals surface area contributed by atoms with Gasteiger partial charge in [-0.3, -0.25) is 0 Å². The summed E-state index contributed by atoms with van der Waals surface area (Å²) in [6.45, 7) is 3.28. The minimum Gasteiger partial charge on any atom is -0.432 e. The minimum absolute atomic E-state index is 0.683. The zero-order chi connectivity index (χ0) is 13.1. The van der Waals surface area contributed by atoms with E-state index >= 15 is 0 Å². The highest BCUT2D eigenvalue weighted by Crippen LogP contribution is 2.28. The number of rotatable bonds is 9. The molecule has 2 aliphatic rings. The lowest BCUT2D eigenvalue weighted by Crippen LogP contribution is -2.23. The van der Waals surface area contributed by atoms with Crippen LogP contribution in [0.2, 0.25) is 0 Å². The number of likely N-dealkylation sites (N-methyl/N-ethyl adjacent to an activating group) is 1. The van der Waals surface area contributed by atoms with Crippen molar-refractivity contribution >= 4 is 6.01 Å². The predicted molar refractivity (Wildman–Crippen MR) is 73.2 cm³/mol. The van der Waals surface area contributed by atoms with E-state index in [9.17, 15) is 0 Å². The number of hydrogen-bond donors (Lipinski definition) is 1. The molecule has 0 saturated heterocycles. The van der Waals surface area contributed by atoms with Gasteiger partial charge in [0.05, 0.1) is 12.3 Å². The zero-order valence-corrected chi connectivity index (χ0v) is 11.6. The average molecular weight is 265 g/mol. The third kappa shape index (κ3) is 4.21. The Bertz CT molecular complexity index is 399. The lowest BCUT2D eigenvalue weighted by Gasteiger charge is -2.14. The van der Waals surface area contributed by atoms with Gasteiger partial charge in [0.2, 0.25) is 0 Å². The number of anilines is 1. The molecule has 0 aromatic carbocycles. The fraction of sp³-hybridized carbons (Fsp3) is 0.786. The van der Waals surface area contributed by atoms with Crippen LogP contribution >= 0.6 is 0 Å². The topological polar surface area (TPSA) is 50.5 Å². The maximum Gasteiger partial charge on any atom is 0.297 e. The molecule has 0 atom stereocenters. The van der Waals surface area contributed by atoms with E-state index in [1.54, 1.807) is 6.26 Å². The molecule has 2 fully saturated rings. The van der Waals surface area contributed by atoms with E-state index in [4.69, 9.17) is 9.15 Å². The number of nitrogens with one attached hydrogen (secondary N) is 1. The molecule has 0 aliphatic heterocycles. The first-order valence-electron chi connectivity index (χ1n) is 7.28. The van der Waals surface area contributed by atoms with Crippen molar-refractivity contribution in [3.63, 3.8) is 0 Å². The Balaban J connectivity index is 1.36. The Hall–Kier alpha value is -1.07. The van der Waals surface area contributed by atoms with Crippen molar-refractivity contribution in [2.45, 2.75) is 38.3 Å². The van der Waals surface area contributed by atoms with E-state index in [1.807, 2.05) is 11.9 Å². The van der Waals surface area contributed by atoms with Crippen LogP contribution < -0.4 is 10.2 Å². The van der Waals surface area contributed by atoms with Crippen LogP contribution in [0.25, 0.3) is 0 Å². The van der Waals surface area contributed by atoms with Crippen LogP contribution in [0.3, 0.4) is 0 Å². The first-order valence-corrected chi connectivity index (χ1v) is 7.28. The van der Waals surface area contributed by atoms with Crippen LogP contribution in [0.15, 0.2) is 10.7 Å². The van der Waals surface area contributed by atoms with Gasteiger partial charge in [-0.2, -0.15) is 4.98 Å². The molecular formula is C14H23N3O2. The summed E-state index contributed by atoms with van der Waals surface area (Å²) in [4.78, 5) is 6.48. The Morgan fingerprint density at radius 1 is 1.42 bits per heavy atom. The van der Waals surface area contributed by atoms with Gasteiger partial charge in [0.25, 0.3) is 6.01 Å². The number of nitrogens with zero attached hydrogens (tertiary/aromatic N) is 2. The van der Waals surface area contributed by atoms with Gasteiger partial charge >= 0.3 is 0 Å². The van der Waals surface area contributed by atoms with E-state index in [0.29, 0.717) is 12.1 Å². The first-order chi connectivity index (χ1) is 9.31. The molecule has 1 aromatic heterocycles. The van der Waals surface area contributed by atoms with E-state index in [2.05, 4.69) is 10.3 Å². The van der Waals surface area contributed by atoms with Crippen molar-refractivity contribution in [3.8, 4) is 0 Å². The number of hydrogen-bond acceptors (Lipinski definition) is 5. The van der Waals surface area contributed by atoms with Gasteiger partial charge in [-0.25, -0.2) is 0 Å². The lowest BCUT2D eigenvalue weighted by molar-refractivity contribution is 0.130. The van der Waals surface area contributed by atoms with E-state index in [-0.39, 0.29) is 0 Å². The summed E-state index contributed by atoms with van der Waals surface area (Å²) in [5.41, 5.74) is 0.979. The van der Waals surface area contributed by atoms with Gasteiger partial charge in [-0.15, -0.1) is 0 Å². The Morgan fingerprint density at radius 3 is 3.00 bits per heavy atom. The highest BCUT2D eigenvalue weighted by Gasteiger charge is 2.22. The molecule has 0 unspecified atom stereocenters. The molecule has 3 rings (SSSR count). The maximum atomic E-state index is 5.62. The second-order valence-electron chi connectivity index (χ2n) is 5.72. The monoisotopic (exact) mass is 265 g/mol. The van der Waals surface area contributed by atoms with Crippen molar-refractivity contribution in [1.82, 2.24) is 10.3 Å². The molecule has 0 spiro atoms. The van der Waals surface area contributed by atoms with Crippen LogP contribution in [0.4, 0.5) is 6.01 Å². The number of aromatic nitrogens is 1. The van der Waals surface area contributed by atoms with Gasteiger partial charge in [-0.1, -0.05) is 0 Å². The lowest BCUT2D eigenvalue weighted by atomic mass is 10.4. The zero-order valence-electron chi connectivity index (χ0n) is 11.6. The summed E-state index contributed by atoms with van der Waals surface area (Å²) in [5.74, 6) is 0.826. The van der Waals surface area contributed by atoms with Gasteiger partial charge in [0.15, 0.2) is 0 Å². The quantitative estimate of drug-likeness (QED) is 0.690. The van der Waals surface area contributed by atoms with E-state index in [0.717, 1.165) is 37.9 Å². The van der Waals surface area contributed by atoms with Gasteiger partial charge in [0.1, 0.15) is 6.26 Å². The summed E-state index contributed by atoms with van der Waals surface area (Å²) < 4.78 is 11.1. The van der Waals surface area contributed by atoms with Crippen LogP contribution in [-0.4, -0.2) is 37.8 Å². The smallest absolute Gasteiger partial charge is 0.297 e. The molecule has 1 heterocycles. The summed E-state index contributed by atoms with van der Waals surface area (Å²) in [5, 5.41) is 3.43. The van der Waals surface area contributed by atoms with Crippen molar-refractivity contribution in [2.24, 2.45) is 5.92 Å². The average Bonchev–Trinajstić information content (AvgIpc) is 3.33. The van der Waals surface area contributed by atoms with Crippen LogP contribution in [-0.2, 0) is 11.3 Å². The maximum absolute atomic E-state index is 5.62. The minimum atomic E-state index is 0.683. The molecule has 19 heavy (non-hydrogen) atoms. The van der Waals surface area contributed by atoms with E-state index < -0.39 is 0 Å². The number of ether oxygens (including phenoxy) is 1. The summed E-state index contributed by atoms with van der Waals surface area (Å²) in [6, 6.07) is 1.39. The fourth-order valence-electron chi connectivity index (χ4n) is 1.92.